The fraction of sp³-hybridized carbons (Fsp3) is 0.900. The van der Waals surface area contributed by atoms with E-state index in [0.29, 0.717) is 12.3 Å². The summed E-state index contributed by atoms with van der Waals surface area (Å²) < 4.78 is 5.55. The summed E-state index contributed by atoms with van der Waals surface area (Å²) in [6.07, 6.45) is 3.93. The van der Waals surface area contributed by atoms with E-state index in [1.54, 1.807) is 0 Å². The van der Waals surface area contributed by atoms with Crippen molar-refractivity contribution in [3.05, 3.63) is 0 Å². The molecule has 3 heteroatoms. The Morgan fingerprint density at radius 2 is 2.31 bits per heavy atom. The Morgan fingerprint density at radius 1 is 1.38 bits per heavy atom. The maximum Gasteiger partial charge on any atom is 0.306 e. The lowest BCUT2D eigenvalue weighted by Gasteiger charge is -2.38. The molecule has 3 unspecified atom stereocenters. The third kappa shape index (κ3) is 1.03. The van der Waals surface area contributed by atoms with Crippen molar-refractivity contribution in [2.75, 3.05) is 19.6 Å². The van der Waals surface area contributed by atoms with Gasteiger partial charge < -0.3 is 9.64 Å². The number of nitrogens with zero attached hydrogens (tertiary/aromatic N) is 1. The van der Waals surface area contributed by atoms with Crippen LogP contribution in [0.3, 0.4) is 0 Å². The van der Waals surface area contributed by atoms with Crippen LogP contribution in [0.15, 0.2) is 0 Å². The average Bonchev–Trinajstić information content (AvgIpc) is 2.66. The minimum atomic E-state index is -0.0376. The van der Waals surface area contributed by atoms with E-state index in [2.05, 4.69) is 4.90 Å². The quantitative estimate of drug-likeness (QED) is 0.517. The van der Waals surface area contributed by atoms with Gasteiger partial charge >= 0.3 is 5.97 Å². The van der Waals surface area contributed by atoms with E-state index in [9.17, 15) is 4.79 Å². The molecule has 72 valence electrons. The third-order valence-corrected chi connectivity index (χ3v) is 3.94. The molecule has 0 aliphatic carbocycles. The van der Waals surface area contributed by atoms with Crippen molar-refractivity contribution < 1.29 is 9.53 Å². The van der Waals surface area contributed by atoms with Crippen LogP contribution < -0.4 is 0 Å². The summed E-state index contributed by atoms with van der Waals surface area (Å²) in [5.74, 6) is 0.660. The molecule has 0 amide bonds. The van der Waals surface area contributed by atoms with Crippen LogP contribution in [0.25, 0.3) is 0 Å². The van der Waals surface area contributed by atoms with Gasteiger partial charge in [-0.05, 0) is 19.4 Å². The van der Waals surface area contributed by atoms with Crippen molar-refractivity contribution >= 4 is 5.97 Å². The summed E-state index contributed by atoms with van der Waals surface area (Å²) in [6.45, 7) is 3.50. The highest BCUT2D eigenvalue weighted by Gasteiger charge is 2.51. The Hall–Kier alpha value is -0.570. The maximum atomic E-state index is 11.2. The number of hydrogen-bond donors (Lipinski definition) is 0. The van der Waals surface area contributed by atoms with Gasteiger partial charge in [-0.15, -0.1) is 0 Å². The monoisotopic (exact) mass is 181 g/mol. The fourth-order valence-electron chi connectivity index (χ4n) is 3.12. The molecule has 3 aliphatic heterocycles. The second-order valence-corrected chi connectivity index (χ2v) is 4.58. The normalized spacial score (nSPS) is 48.5. The van der Waals surface area contributed by atoms with Gasteiger partial charge in [-0.25, -0.2) is 0 Å². The Kier molecular flexibility index (Phi) is 1.48. The van der Waals surface area contributed by atoms with Gasteiger partial charge in [0, 0.05) is 31.8 Å². The maximum absolute atomic E-state index is 11.2. The van der Waals surface area contributed by atoms with Crippen molar-refractivity contribution in [3.63, 3.8) is 0 Å². The number of piperidine rings is 1. The minimum absolute atomic E-state index is 0.0281. The predicted octanol–water partition coefficient (Wildman–Crippen LogP) is 0.788. The molecule has 1 spiro atoms. The lowest BCUT2D eigenvalue weighted by atomic mass is 9.80. The van der Waals surface area contributed by atoms with Crippen LogP contribution in [0, 0.1) is 5.92 Å². The molecule has 3 nitrogen and oxygen atoms in total. The molecule has 3 rings (SSSR count). The Labute approximate surface area is 78.0 Å². The second-order valence-electron chi connectivity index (χ2n) is 4.58. The zero-order chi connectivity index (χ0) is 8.89. The van der Waals surface area contributed by atoms with Crippen molar-refractivity contribution in [2.45, 2.75) is 31.3 Å². The van der Waals surface area contributed by atoms with E-state index in [0.717, 1.165) is 25.9 Å². The van der Waals surface area contributed by atoms with Gasteiger partial charge in [0.25, 0.3) is 0 Å². The summed E-state index contributed by atoms with van der Waals surface area (Å²) >= 11 is 0. The van der Waals surface area contributed by atoms with E-state index >= 15 is 0 Å². The summed E-state index contributed by atoms with van der Waals surface area (Å²) in [5.41, 5.74) is -0.0376. The number of ether oxygens (including phenoxy) is 1. The number of hydrogen-bond acceptors (Lipinski definition) is 3. The topological polar surface area (TPSA) is 29.5 Å². The smallest absolute Gasteiger partial charge is 0.306 e. The second kappa shape index (κ2) is 2.47. The van der Waals surface area contributed by atoms with Crippen molar-refractivity contribution in [3.8, 4) is 0 Å². The van der Waals surface area contributed by atoms with Crippen LogP contribution in [-0.4, -0.2) is 36.1 Å². The van der Waals surface area contributed by atoms with E-state index < -0.39 is 0 Å². The molecule has 3 heterocycles. The number of carbonyl (C=O) groups excluding carboxylic acids is 1. The molecule has 0 N–H and O–H groups in total. The number of rotatable bonds is 0. The molecular weight excluding hydrogens is 166 g/mol. The molecule has 0 radical (unpaired) electrons. The zero-order valence-corrected chi connectivity index (χ0v) is 7.79. The van der Waals surface area contributed by atoms with Gasteiger partial charge in [0.2, 0.25) is 0 Å². The molecule has 3 saturated heterocycles. The van der Waals surface area contributed by atoms with Crippen LogP contribution in [0.2, 0.25) is 0 Å². The van der Waals surface area contributed by atoms with Crippen LogP contribution >= 0.6 is 0 Å². The van der Waals surface area contributed by atoms with Gasteiger partial charge in [-0.1, -0.05) is 0 Å². The highest BCUT2D eigenvalue weighted by atomic mass is 16.6. The van der Waals surface area contributed by atoms with E-state index in [1.807, 2.05) is 0 Å². The van der Waals surface area contributed by atoms with Gasteiger partial charge in [0.1, 0.15) is 5.60 Å². The first-order valence-corrected chi connectivity index (χ1v) is 5.23. The SMILES string of the molecule is O=C1CCC2(CCN3CCC2C3)O1. The van der Waals surface area contributed by atoms with Crippen molar-refractivity contribution in [1.82, 2.24) is 4.90 Å². The largest absolute Gasteiger partial charge is 0.459 e. The highest BCUT2D eigenvalue weighted by Crippen LogP contribution is 2.44. The van der Waals surface area contributed by atoms with Crippen LogP contribution in [-0.2, 0) is 9.53 Å². The van der Waals surface area contributed by atoms with E-state index in [4.69, 9.17) is 4.74 Å². The highest BCUT2D eigenvalue weighted by molar-refractivity contribution is 5.72. The molecular formula is C10H15NO2. The molecule has 2 bridgehead atoms. The molecule has 13 heavy (non-hydrogen) atoms. The Balaban J connectivity index is 1.86. The summed E-state index contributed by atoms with van der Waals surface area (Å²) in [5, 5.41) is 0. The first-order chi connectivity index (χ1) is 6.28. The lowest BCUT2D eigenvalue weighted by molar-refractivity contribution is -0.155. The standard InChI is InChI=1S/C10H15NO2/c12-9-1-3-10(13-9)4-6-11-5-2-8(10)7-11/h8H,1-7H2. The summed E-state index contributed by atoms with van der Waals surface area (Å²) in [4.78, 5) is 13.6. The Bertz CT molecular complexity index is 253. The van der Waals surface area contributed by atoms with Crippen molar-refractivity contribution in [2.24, 2.45) is 5.92 Å². The molecule has 0 aromatic carbocycles. The van der Waals surface area contributed by atoms with Gasteiger partial charge in [-0.2, -0.15) is 0 Å². The first-order valence-electron chi connectivity index (χ1n) is 5.23. The van der Waals surface area contributed by atoms with Crippen molar-refractivity contribution in [1.29, 1.82) is 0 Å². The van der Waals surface area contributed by atoms with E-state index in [1.165, 1.54) is 13.0 Å². The van der Waals surface area contributed by atoms with Crippen LogP contribution in [0.5, 0.6) is 0 Å². The zero-order valence-electron chi connectivity index (χ0n) is 7.79. The fourth-order valence-corrected chi connectivity index (χ4v) is 3.12. The molecule has 3 fully saturated rings. The molecule has 0 aromatic rings. The van der Waals surface area contributed by atoms with Gasteiger partial charge in [0.05, 0.1) is 0 Å². The molecule has 3 aliphatic rings. The minimum Gasteiger partial charge on any atom is -0.459 e. The summed E-state index contributed by atoms with van der Waals surface area (Å²) in [7, 11) is 0. The Morgan fingerprint density at radius 3 is 3.08 bits per heavy atom. The molecule has 0 saturated carbocycles. The summed E-state index contributed by atoms with van der Waals surface area (Å²) in [6, 6.07) is 0. The van der Waals surface area contributed by atoms with E-state index in [-0.39, 0.29) is 11.6 Å². The average molecular weight is 181 g/mol. The molecule has 3 atom stereocenters. The van der Waals surface area contributed by atoms with Gasteiger partial charge in [-0.3, -0.25) is 4.79 Å². The van der Waals surface area contributed by atoms with Crippen LogP contribution in [0.1, 0.15) is 25.7 Å². The number of carbonyl (C=O) groups is 1. The van der Waals surface area contributed by atoms with Gasteiger partial charge in [0.15, 0.2) is 0 Å². The first kappa shape index (κ1) is 7.80. The predicted molar refractivity (Wildman–Crippen MR) is 47.2 cm³/mol. The third-order valence-electron chi connectivity index (χ3n) is 3.94. The number of fused-ring (bicyclic) bond motifs is 3. The molecule has 0 aromatic heterocycles. The van der Waals surface area contributed by atoms with Crippen LogP contribution in [0.4, 0.5) is 0 Å². The lowest BCUT2D eigenvalue weighted by Crippen LogP contribution is -2.46. The number of esters is 1.